The molecule has 0 spiro atoms. The van der Waals surface area contributed by atoms with Gasteiger partial charge in [-0.2, -0.15) is 0 Å². The predicted molar refractivity (Wildman–Crippen MR) is 118 cm³/mol. The lowest BCUT2D eigenvalue weighted by Gasteiger charge is -2.20. The molecule has 0 atom stereocenters. The van der Waals surface area contributed by atoms with Crippen LogP contribution in [0.1, 0.15) is 52.1 Å². The second-order valence-electron chi connectivity index (χ2n) is 7.55. The van der Waals surface area contributed by atoms with Crippen LogP contribution in [0.3, 0.4) is 0 Å². The van der Waals surface area contributed by atoms with Gasteiger partial charge in [0.25, 0.3) is 0 Å². The second kappa shape index (κ2) is 8.94. The number of hydrogen-bond acceptors (Lipinski definition) is 4. The van der Waals surface area contributed by atoms with Gasteiger partial charge in [-0.1, -0.05) is 49.2 Å². The number of hydrazine groups is 1. The zero-order chi connectivity index (χ0) is 21.0. The molecule has 1 N–H and O–H groups in total. The highest BCUT2D eigenvalue weighted by atomic mass is 16.7. The van der Waals surface area contributed by atoms with Gasteiger partial charge in [-0.3, -0.25) is 0 Å². The van der Waals surface area contributed by atoms with E-state index in [4.69, 9.17) is 0 Å². The summed E-state index contributed by atoms with van der Waals surface area (Å²) in [7, 11) is 0. The average Bonchev–Trinajstić information content (AvgIpc) is 3.14. The van der Waals surface area contributed by atoms with Crippen molar-refractivity contribution in [3.8, 4) is 0 Å². The van der Waals surface area contributed by atoms with Crippen molar-refractivity contribution in [1.29, 1.82) is 0 Å². The molecule has 7 nitrogen and oxygen atoms in total. The summed E-state index contributed by atoms with van der Waals surface area (Å²) >= 11 is 0. The van der Waals surface area contributed by atoms with Gasteiger partial charge >= 0.3 is 0 Å². The highest BCUT2D eigenvalue weighted by Gasteiger charge is 2.24. The minimum atomic E-state index is -0.350. The van der Waals surface area contributed by atoms with Crippen LogP contribution >= 0.6 is 0 Å². The highest BCUT2D eigenvalue weighted by molar-refractivity contribution is 5.92. The number of hydrogen-bond donors (Lipinski definition) is 1. The van der Waals surface area contributed by atoms with Gasteiger partial charge in [0.2, 0.25) is 0 Å². The van der Waals surface area contributed by atoms with Gasteiger partial charge < -0.3 is 9.88 Å². The zero-order valence-corrected chi connectivity index (χ0v) is 17.5. The van der Waals surface area contributed by atoms with Crippen LogP contribution in [-0.2, 0) is 6.54 Å². The van der Waals surface area contributed by atoms with E-state index in [1.165, 1.54) is 5.01 Å². The van der Waals surface area contributed by atoms with Gasteiger partial charge in [0.15, 0.2) is 5.03 Å². The van der Waals surface area contributed by atoms with Crippen molar-refractivity contribution in [3.63, 3.8) is 0 Å². The molecule has 29 heavy (non-hydrogen) atoms. The molecule has 0 aliphatic rings. The quantitative estimate of drug-likeness (QED) is 0.387. The largest absolute Gasteiger partial charge is 0.382 e. The molecule has 0 unspecified atom stereocenters. The van der Waals surface area contributed by atoms with Crippen molar-refractivity contribution in [1.82, 2.24) is 9.55 Å². The van der Waals surface area contributed by atoms with Crippen LogP contribution in [0.15, 0.2) is 48.8 Å². The summed E-state index contributed by atoms with van der Waals surface area (Å²) in [5.74, 6) is 0. The normalized spacial score (nSPS) is 11.4. The fraction of sp³-hybridized carbons (Fsp3) is 0.409. The van der Waals surface area contributed by atoms with Gasteiger partial charge in [0.05, 0.1) is 11.8 Å². The molecule has 2 aromatic carbocycles. The van der Waals surface area contributed by atoms with Gasteiger partial charge in [-0.15, -0.1) is 0 Å². The smallest absolute Gasteiger partial charge is 0.165 e. The van der Waals surface area contributed by atoms with E-state index in [-0.39, 0.29) is 17.6 Å². The third-order valence-corrected chi connectivity index (χ3v) is 5.22. The van der Waals surface area contributed by atoms with Crippen molar-refractivity contribution in [3.05, 3.63) is 64.5 Å². The Labute approximate surface area is 171 Å². The number of fused-ring (bicyclic) bond motifs is 1. The first-order valence-corrected chi connectivity index (χ1v) is 10.2. The van der Waals surface area contributed by atoms with E-state index >= 15 is 0 Å². The number of benzene rings is 2. The van der Waals surface area contributed by atoms with Crippen molar-refractivity contribution < 1.29 is 5.03 Å². The molecule has 7 heteroatoms. The molecule has 0 fully saturated rings. The Morgan fingerprint density at radius 1 is 1.17 bits per heavy atom. The Morgan fingerprint density at radius 3 is 2.45 bits per heavy atom. The molecule has 0 saturated heterocycles. The number of imidazole rings is 1. The summed E-state index contributed by atoms with van der Waals surface area (Å²) in [6, 6.07) is 13.9. The van der Waals surface area contributed by atoms with Crippen LogP contribution < -0.4 is 10.3 Å². The summed E-state index contributed by atoms with van der Waals surface area (Å²) < 4.78 is 2.05. The first-order valence-electron chi connectivity index (χ1n) is 10.2. The van der Waals surface area contributed by atoms with Crippen LogP contribution in [0.25, 0.3) is 11.0 Å². The van der Waals surface area contributed by atoms with Gasteiger partial charge in [-0.25, -0.2) is 15.1 Å². The van der Waals surface area contributed by atoms with E-state index in [0.717, 1.165) is 29.6 Å². The number of nitrogens with one attached hydrogen (secondary N) is 1. The van der Waals surface area contributed by atoms with Crippen LogP contribution in [0, 0.1) is 10.1 Å². The minimum Gasteiger partial charge on any atom is -0.382 e. The average molecular weight is 396 g/mol. The molecule has 0 aliphatic carbocycles. The fourth-order valence-corrected chi connectivity index (χ4v) is 3.52. The maximum absolute atomic E-state index is 12.0. The van der Waals surface area contributed by atoms with Crippen molar-refractivity contribution in [2.75, 3.05) is 10.3 Å². The first kappa shape index (κ1) is 20.6. The van der Waals surface area contributed by atoms with E-state index in [0.29, 0.717) is 17.2 Å². The lowest BCUT2D eigenvalue weighted by atomic mass is 10.1. The Balaban J connectivity index is 2.13. The standard InChI is InChI=1S/C22H29N5O2/c1-5-18(6-2)24-19-12-20-22(23-15-25(20)16(3)4)21(13-19)26(27(28)29)14-17-10-8-7-9-11-17/h7-13,15-16,18,24H,5-6,14H2,1-4H3. The molecule has 1 aromatic heterocycles. The molecule has 3 rings (SSSR count). The minimum absolute atomic E-state index is 0.173. The summed E-state index contributed by atoms with van der Waals surface area (Å²) in [5.41, 5.74) is 3.79. The maximum atomic E-state index is 12.0. The van der Waals surface area contributed by atoms with E-state index in [9.17, 15) is 10.1 Å². The molecule has 0 amide bonds. The molecular weight excluding hydrogens is 366 g/mol. The SMILES string of the molecule is CCC(CC)Nc1cc(N(Cc2ccccc2)[N+](=O)[O-])c2ncn(C(C)C)c2c1. The fourth-order valence-electron chi connectivity index (χ4n) is 3.52. The molecular formula is C22H29N5O2. The van der Waals surface area contributed by atoms with E-state index in [1.54, 1.807) is 6.33 Å². The van der Waals surface area contributed by atoms with E-state index in [1.807, 2.05) is 42.5 Å². The third kappa shape index (κ3) is 4.50. The van der Waals surface area contributed by atoms with Gasteiger partial charge in [0, 0.05) is 17.8 Å². The Morgan fingerprint density at radius 2 is 1.86 bits per heavy atom. The summed E-state index contributed by atoms with van der Waals surface area (Å²) in [5, 5.41) is 16.4. The topological polar surface area (TPSA) is 76.2 Å². The molecule has 0 saturated carbocycles. The van der Waals surface area contributed by atoms with Crippen LogP contribution in [0.5, 0.6) is 0 Å². The van der Waals surface area contributed by atoms with Crippen molar-refractivity contribution in [2.45, 2.75) is 59.2 Å². The van der Waals surface area contributed by atoms with Gasteiger partial charge in [0.1, 0.15) is 17.7 Å². The number of rotatable bonds is 9. The number of aromatic nitrogens is 2. The second-order valence-corrected chi connectivity index (χ2v) is 7.55. The monoisotopic (exact) mass is 395 g/mol. The van der Waals surface area contributed by atoms with E-state index < -0.39 is 0 Å². The highest BCUT2D eigenvalue weighted by Crippen LogP contribution is 2.33. The Kier molecular flexibility index (Phi) is 6.36. The molecule has 3 aromatic rings. The third-order valence-electron chi connectivity index (χ3n) is 5.22. The van der Waals surface area contributed by atoms with E-state index in [2.05, 4.69) is 42.6 Å². The number of nitro groups is 1. The van der Waals surface area contributed by atoms with Crippen molar-refractivity contribution >= 4 is 22.4 Å². The van der Waals surface area contributed by atoms with Crippen LogP contribution in [0.4, 0.5) is 11.4 Å². The number of nitrogens with zero attached hydrogens (tertiary/aromatic N) is 4. The molecule has 0 bridgehead atoms. The van der Waals surface area contributed by atoms with Crippen LogP contribution in [-0.4, -0.2) is 20.6 Å². The molecule has 1 heterocycles. The lowest BCUT2D eigenvalue weighted by molar-refractivity contribution is -0.496. The van der Waals surface area contributed by atoms with Crippen molar-refractivity contribution in [2.24, 2.45) is 0 Å². The summed E-state index contributed by atoms with van der Waals surface area (Å²) in [6.45, 7) is 8.61. The zero-order valence-electron chi connectivity index (χ0n) is 17.5. The maximum Gasteiger partial charge on any atom is 0.165 e. The first-order chi connectivity index (χ1) is 13.9. The summed E-state index contributed by atoms with van der Waals surface area (Å²) in [4.78, 5) is 16.5. The predicted octanol–water partition coefficient (Wildman–Crippen LogP) is 5.42. The molecule has 0 aliphatic heterocycles. The molecule has 154 valence electrons. The van der Waals surface area contributed by atoms with Crippen LogP contribution in [0.2, 0.25) is 0 Å². The Hall–Kier alpha value is -3.09. The number of anilines is 2. The van der Waals surface area contributed by atoms with Gasteiger partial charge in [-0.05, 0) is 44.4 Å². The lowest BCUT2D eigenvalue weighted by Crippen LogP contribution is -2.29. The molecule has 0 radical (unpaired) electrons. The summed E-state index contributed by atoms with van der Waals surface area (Å²) in [6.07, 6.45) is 3.73. The Bertz CT molecular complexity index is 964.